The van der Waals surface area contributed by atoms with E-state index in [9.17, 15) is 23.2 Å². The monoisotopic (exact) mass is 576 g/mol. The Bertz CT molecular complexity index is 1520. The molecular weight excluding hydrogens is 546 g/mol. The van der Waals surface area contributed by atoms with Gasteiger partial charge < -0.3 is 20.9 Å². The van der Waals surface area contributed by atoms with Crippen LogP contribution < -0.4 is 16.0 Å². The summed E-state index contributed by atoms with van der Waals surface area (Å²) in [6.45, 7) is 3.71. The normalized spacial score (nSPS) is 18.4. The Labute approximate surface area is 240 Å². The van der Waals surface area contributed by atoms with Crippen LogP contribution in [0.25, 0.3) is 22.0 Å². The van der Waals surface area contributed by atoms with E-state index in [-0.39, 0.29) is 11.5 Å². The molecule has 0 saturated carbocycles. The smallest absolute Gasteiger partial charge is 0.269 e. The van der Waals surface area contributed by atoms with Crippen molar-refractivity contribution in [3.63, 3.8) is 0 Å². The van der Waals surface area contributed by atoms with Gasteiger partial charge in [0.25, 0.3) is 17.7 Å². The minimum absolute atomic E-state index is 0.242. The van der Waals surface area contributed by atoms with Gasteiger partial charge in [-0.3, -0.25) is 29.3 Å². The zero-order chi connectivity index (χ0) is 29.7. The third kappa shape index (κ3) is 6.67. The Morgan fingerprint density at radius 3 is 2.57 bits per heavy atom. The summed E-state index contributed by atoms with van der Waals surface area (Å²) >= 11 is 0. The average Bonchev–Trinajstić information content (AvgIpc) is 3.34. The van der Waals surface area contributed by atoms with Gasteiger partial charge in [0.2, 0.25) is 5.91 Å². The maximum Gasteiger partial charge on any atom is 0.269 e. The number of nitrogens with one attached hydrogen (secondary N) is 3. The molecule has 0 radical (unpaired) electrons. The molecule has 0 bridgehead atoms. The maximum atomic E-state index is 13.7. The van der Waals surface area contributed by atoms with E-state index in [2.05, 4.69) is 30.8 Å². The number of rotatable bonds is 8. The molecule has 0 unspecified atom stereocenters. The number of benzene rings is 1. The summed E-state index contributed by atoms with van der Waals surface area (Å²) in [7, 11) is 0. The van der Waals surface area contributed by atoms with E-state index >= 15 is 0 Å². The number of likely N-dealkylation sites (tertiary alicyclic amines) is 1. The number of piperazine rings is 1. The molecule has 3 amide bonds. The highest BCUT2D eigenvalue weighted by atomic mass is 19.3. The zero-order valence-corrected chi connectivity index (χ0v) is 22.8. The van der Waals surface area contributed by atoms with Crippen LogP contribution in [0.15, 0.2) is 48.8 Å². The fraction of sp³-hybridized carbons (Fsp3) is 0.379. The van der Waals surface area contributed by atoms with Gasteiger partial charge in [0.1, 0.15) is 11.7 Å². The third-order valence-electron chi connectivity index (χ3n) is 7.38. The molecule has 11 nitrogen and oxygen atoms in total. The maximum absolute atomic E-state index is 13.7. The van der Waals surface area contributed by atoms with Crippen LogP contribution in [-0.4, -0.2) is 102 Å². The van der Waals surface area contributed by atoms with Crippen molar-refractivity contribution in [3.8, 4) is 17.2 Å². The van der Waals surface area contributed by atoms with Gasteiger partial charge >= 0.3 is 0 Å². The van der Waals surface area contributed by atoms with Crippen LogP contribution in [0.5, 0.6) is 0 Å². The highest BCUT2D eigenvalue weighted by Crippen LogP contribution is 2.31. The van der Waals surface area contributed by atoms with Crippen LogP contribution in [0.2, 0.25) is 0 Å². The Kier molecular flexibility index (Phi) is 8.65. The number of nitrogens with zero attached hydrogens (tertiary/aromatic N) is 5. The minimum atomic E-state index is -3.14. The van der Waals surface area contributed by atoms with Crippen molar-refractivity contribution < 1.29 is 23.2 Å². The predicted octanol–water partition coefficient (Wildman–Crippen LogP) is 1.42. The third-order valence-corrected chi connectivity index (χ3v) is 7.38. The van der Waals surface area contributed by atoms with E-state index in [0.717, 1.165) is 48.8 Å². The number of aromatic nitrogens is 2. The second-order valence-corrected chi connectivity index (χ2v) is 10.3. The lowest BCUT2D eigenvalue weighted by molar-refractivity contribution is -0.131. The molecule has 0 spiro atoms. The molecule has 1 atom stereocenters. The molecule has 2 fully saturated rings. The molecule has 2 aliphatic rings. The first kappa shape index (κ1) is 29.0. The fourth-order valence-electron chi connectivity index (χ4n) is 5.12. The lowest BCUT2D eigenvalue weighted by Gasteiger charge is -2.27. The molecule has 5 rings (SSSR count). The molecule has 0 aliphatic carbocycles. The lowest BCUT2D eigenvalue weighted by Crippen LogP contribution is -2.46. The molecule has 2 aromatic heterocycles. The first-order valence-corrected chi connectivity index (χ1v) is 13.7. The Balaban J connectivity index is 1.24. The second-order valence-electron chi connectivity index (χ2n) is 10.3. The largest absolute Gasteiger partial charge is 0.349 e. The lowest BCUT2D eigenvalue weighted by atomic mass is 10.0. The SMILES string of the molecule is N#C[C@@H]1CC(F)(F)CN1C(=O)CNC(=O)c1ccnc2ccc(-c3ccc(C(=O)NCCN4CCNCC4)nc3)cc12. The summed E-state index contributed by atoms with van der Waals surface area (Å²) in [4.78, 5) is 49.8. The molecule has 3 N–H and O–H groups in total. The highest BCUT2D eigenvalue weighted by molar-refractivity contribution is 6.07. The number of hydrogen-bond acceptors (Lipinski definition) is 8. The number of alkyl halides is 2. The summed E-state index contributed by atoms with van der Waals surface area (Å²) in [6.07, 6.45) is 2.32. The number of amides is 3. The number of carbonyl (C=O) groups excluding carboxylic acids is 3. The van der Waals surface area contributed by atoms with Gasteiger partial charge in [-0.2, -0.15) is 5.26 Å². The van der Waals surface area contributed by atoms with Crippen LogP contribution in [0.4, 0.5) is 8.78 Å². The number of carbonyl (C=O) groups is 3. The van der Waals surface area contributed by atoms with Crippen molar-refractivity contribution in [2.24, 2.45) is 0 Å². The fourth-order valence-corrected chi connectivity index (χ4v) is 5.12. The molecule has 4 heterocycles. The van der Waals surface area contributed by atoms with Crippen LogP contribution >= 0.6 is 0 Å². The first-order valence-electron chi connectivity index (χ1n) is 13.7. The molecule has 1 aromatic carbocycles. The van der Waals surface area contributed by atoms with Gasteiger partial charge in [0.05, 0.1) is 30.2 Å². The summed E-state index contributed by atoms with van der Waals surface area (Å²) in [6, 6.07) is 10.7. The molecule has 2 saturated heterocycles. The van der Waals surface area contributed by atoms with Gasteiger partial charge in [-0.15, -0.1) is 0 Å². The summed E-state index contributed by atoms with van der Waals surface area (Å²) in [5, 5.41) is 18.3. The van der Waals surface area contributed by atoms with Crippen molar-refractivity contribution in [3.05, 3.63) is 60.0 Å². The zero-order valence-electron chi connectivity index (χ0n) is 22.8. The van der Waals surface area contributed by atoms with Crippen LogP contribution in [0.3, 0.4) is 0 Å². The van der Waals surface area contributed by atoms with Gasteiger partial charge in [-0.05, 0) is 29.8 Å². The van der Waals surface area contributed by atoms with Crippen molar-refractivity contribution >= 4 is 28.6 Å². The van der Waals surface area contributed by atoms with E-state index in [1.807, 2.05) is 6.07 Å². The minimum Gasteiger partial charge on any atom is -0.349 e. The molecular formula is C29H30F2N8O3. The van der Waals surface area contributed by atoms with E-state index in [1.54, 1.807) is 36.5 Å². The Morgan fingerprint density at radius 2 is 1.83 bits per heavy atom. The average molecular weight is 577 g/mol. The molecule has 13 heteroatoms. The van der Waals surface area contributed by atoms with Gasteiger partial charge in [0, 0.05) is 69.0 Å². The van der Waals surface area contributed by atoms with Gasteiger partial charge in [0.15, 0.2) is 0 Å². The van der Waals surface area contributed by atoms with Gasteiger partial charge in [-0.25, -0.2) is 8.78 Å². The van der Waals surface area contributed by atoms with Crippen LogP contribution in [0, 0.1) is 11.3 Å². The van der Waals surface area contributed by atoms with Crippen LogP contribution in [0.1, 0.15) is 27.3 Å². The number of nitriles is 1. The highest BCUT2D eigenvalue weighted by Gasteiger charge is 2.47. The van der Waals surface area contributed by atoms with Crippen LogP contribution in [-0.2, 0) is 4.79 Å². The summed E-state index contributed by atoms with van der Waals surface area (Å²) < 4.78 is 27.4. The Morgan fingerprint density at radius 1 is 1.05 bits per heavy atom. The number of hydrogen-bond donors (Lipinski definition) is 3. The predicted molar refractivity (Wildman–Crippen MR) is 150 cm³/mol. The quantitative estimate of drug-likeness (QED) is 0.366. The first-order chi connectivity index (χ1) is 20.2. The summed E-state index contributed by atoms with van der Waals surface area (Å²) in [5.41, 5.74) is 2.52. The van der Waals surface area contributed by atoms with E-state index in [0.29, 0.717) is 23.1 Å². The van der Waals surface area contributed by atoms with Crippen molar-refractivity contribution in [1.29, 1.82) is 5.26 Å². The van der Waals surface area contributed by atoms with Crippen molar-refractivity contribution in [2.45, 2.75) is 18.4 Å². The van der Waals surface area contributed by atoms with E-state index in [1.165, 1.54) is 12.3 Å². The van der Waals surface area contributed by atoms with E-state index in [4.69, 9.17) is 5.26 Å². The summed E-state index contributed by atoms with van der Waals surface area (Å²) in [5.74, 6) is -4.74. The molecule has 2 aliphatic heterocycles. The van der Waals surface area contributed by atoms with Crippen molar-refractivity contribution in [1.82, 2.24) is 35.7 Å². The molecule has 218 valence electrons. The second kappa shape index (κ2) is 12.5. The van der Waals surface area contributed by atoms with E-state index < -0.39 is 43.3 Å². The molecule has 3 aromatic rings. The number of pyridine rings is 2. The number of fused-ring (bicyclic) bond motifs is 1. The number of halogens is 2. The Hall–Kier alpha value is -4.54. The molecule has 42 heavy (non-hydrogen) atoms. The van der Waals surface area contributed by atoms with Gasteiger partial charge in [-0.1, -0.05) is 12.1 Å². The standard InChI is InChI=1S/C29H30F2N8O3/c30-29(31)14-21(15-32)39(18-29)26(40)17-37-27(41)22-5-6-34-24-3-1-19(13-23(22)24)20-2-4-25(36-16-20)28(42)35-9-12-38-10-7-33-8-11-38/h1-6,13,16,21,33H,7-12,14,17-18H2,(H,35,42)(H,37,41)/t21-/m0/s1. The topological polar surface area (TPSA) is 143 Å². The van der Waals surface area contributed by atoms with Crippen molar-refractivity contribution in [2.75, 3.05) is 52.4 Å².